The van der Waals surface area contributed by atoms with Crippen molar-refractivity contribution in [1.29, 1.82) is 0 Å². The summed E-state index contributed by atoms with van der Waals surface area (Å²) in [7, 11) is 1.52. The summed E-state index contributed by atoms with van der Waals surface area (Å²) in [5, 5.41) is -0.0685. The number of carbonyl (C=O) groups excluding carboxylic acids is 2. The minimum Gasteiger partial charge on any atom is -0.281 e. The first kappa shape index (κ1) is 14.1. The summed E-state index contributed by atoms with van der Waals surface area (Å²) in [6.07, 6.45) is 3.36. The van der Waals surface area contributed by atoms with E-state index in [1.165, 1.54) is 11.9 Å². The Hall–Kier alpha value is -1.35. The third-order valence-electron chi connectivity index (χ3n) is 3.56. The van der Waals surface area contributed by atoms with E-state index in [-0.39, 0.29) is 17.2 Å². The number of fused-ring (bicyclic) bond motifs is 1. The predicted octanol–water partition coefficient (Wildman–Crippen LogP) is 3.31. The van der Waals surface area contributed by atoms with Crippen molar-refractivity contribution < 1.29 is 9.59 Å². The third kappa shape index (κ3) is 2.81. The van der Waals surface area contributed by atoms with Crippen LogP contribution in [0.4, 0.5) is 0 Å². The van der Waals surface area contributed by atoms with Gasteiger partial charge in [-0.2, -0.15) is 0 Å². The molecule has 1 aromatic rings. The molecule has 4 heteroatoms. The minimum absolute atomic E-state index is 0.0685. The highest BCUT2D eigenvalue weighted by Gasteiger charge is 2.28. The zero-order chi connectivity index (χ0) is 14.0. The smallest absolute Gasteiger partial charge is 0.260 e. The number of halogens is 1. The average molecular weight is 280 g/mol. The second-order valence-corrected chi connectivity index (χ2v) is 5.49. The van der Waals surface area contributed by atoms with E-state index in [9.17, 15) is 9.59 Å². The Morgan fingerprint density at radius 3 is 2.79 bits per heavy atom. The lowest BCUT2D eigenvalue weighted by atomic mass is 9.94. The van der Waals surface area contributed by atoms with E-state index in [0.29, 0.717) is 12.0 Å². The van der Waals surface area contributed by atoms with Crippen molar-refractivity contribution in [2.45, 2.75) is 38.0 Å². The molecule has 1 unspecified atom stereocenters. The predicted molar refractivity (Wildman–Crippen MR) is 75.4 cm³/mol. The molecule has 0 bridgehead atoms. The number of nitrogens with zero attached hydrogens (tertiary/aromatic N) is 1. The molecule has 0 aliphatic carbocycles. The van der Waals surface area contributed by atoms with Gasteiger partial charge in [-0.15, -0.1) is 11.6 Å². The van der Waals surface area contributed by atoms with Crippen LogP contribution >= 0.6 is 11.6 Å². The Kier molecular flexibility index (Phi) is 4.25. The first-order valence-electron chi connectivity index (χ1n) is 6.62. The van der Waals surface area contributed by atoms with Gasteiger partial charge in [0, 0.05) is 12.6 Å². The highest BCUT2D eigenvalue weighted by atomic mass is 35.5. The molecule has 2 amide bonds. The lowest BCUT2D eigenvalue weighted by Gasteiger charge is -2.24. The van der Waals surface area contributed by atoms with Gasteiger partial charge in [0.2, 0.25) is 5.91 Å². The molecule has 0 saturated heterocycles. The second-order valence-electron chi connectivity index (χ2n) is 4.96. The zero-order valence-corrected chi connectivity index (χ0v) is 12.0. The van der Waals surface area contributed by atoms with E-state index in [1.54, 1.807) is 0 Å². The highest BCUT2D eigenvalue weighted by Crippen LogP contribution is 2.29. The Morgan fingerprint density at radius 1 is 1.37 bits per heavy atom. The van der Waals surface area contributed by atoms with E-state index >= 15 is 0 Å². The van der Waals surface area contributed by atoms with E-state index in [4.69, 9.17) is 11.6 Å². The van der Waals surface area contributed by atoms with Crippen molar-refractivity contribution >= 4 is 23.4 Å². The number of alkyl halides is 1. The first-order valence-corrected chi connectivity index (χ1v) is 7.06. The van der Waals surface area contributed by atoms with Crippen LogP contribution in [0.3, 0.4) is 0 Å². The van der Waals surface area contributed by atoms with Crippen molar-refractivity contribution in [3.8, 4) is 0 Å². The van der Waals surface area contributed by atoms with Crippen molar-refractivity contribution in [2.75, 3.05) is 7.05 Å². The lowest BCUT2D eigenvalue weighted by molar-refractivity contribution is -0.127. The van der Waals surface area contributed by atoms with Crippen LogP contribution in [0.1, 0.15) is 53.0 Å². The topological polar surface area (TPSA) is 37.4 Å². The van der Waals surface area contributed by atoms with E-state index in [0.717, 1.165) is 30.4 Å². The van der Waals surface area contributed by atoms with E-state index < -0.39 is 0 Å². The van der Waals surface area contributed by atoms with Crippen molar-refractivity contribution in [2.24, 2.45) is 0 Å². The maximum atomic E-state index is 12.1. The normalized spacial score (nSPS) is 16.5. The number of hydrogen-bond donors (Lipinski definition) is 0. The summed E-state index contributed by atoms with van der Waals surface area (Å²) in [6, 6.07) is 5.63. The molecular formula is C15H18ClNO2. The number of amides is 2. The van der Waals surface area contributed by atoms with Gasteiger partial charge in [0.05, 0.1) is 11.8 Å². The fraction of sp³-hybridized carbons (Fsp3) is 0.467. The van der Waals surface area contributed by atoms with Gasteiger partial charge in [0.15, 0.2) is 0 Å². The summed E-state index contributed by atoms with van der Waals surface area (Å²) in [6.45, 7) is 2.13. The van der Waals surface area contributed by atoms with Gasteiger partial charge in [-0.25, -0.2) is 0 Å². The number of likely N-dealkylation sites (N-methyl/N-ethyl adjacent to an activating group) is 1. The molecule has 0 fully saturated rings. The third-order valence-corrected chi connectivity index (χ3v) is 4.03. The summed E-state index contributed by atoms with van der Waals surface area (Å²) >= 11 is 6.35. The standard InChI is InChI=1S/C15H18ClNO2/c1-3-4-5-13(16)11-7-6-10-9-14(18)17(2)15(19)12(10)8-11/h6-8,13H,3-5,9H2,1-2H3. The fourth-order valence-corrected chi connectivity index (χ4v) is 2.56. The Balaban J connectivity index is 2.28. The Bertz CT molecular complexity index is 513. The largest absolute Gasteiger partial charge is 0.281 e. The monoisotopic (exact) mass is 279 g/mol. The number of rotatable bonds is 4. The SMILES string of the molecule is CCCCC(Cl)c1ccc2c(c1)C(=O)N(C)C(=O)C2. The summed E-state index contributed by atoms with van der Waals surface area (Å²) in [4.78, 5) is 24.9. The van der Waals surface area contributed by atoms with Crippen LogP contribution < -0.4 is 0 Å². The van der Waals surface area contributed by atoms with Crippen LogP contribution in [-0.4, -0.2) is 23.8 Å². The number of hydrogen-bond acceptors (Lipinski definition) is 2. The van der Waals surface area contributed by atoms with Gasteiger partial charge in [0.25, 0.3) is 5.91 Å². The number of carbonyl (C=O) groups is 2. The van der Waals surface area contributed by atoms with Crippen LogP contribution in [0.15, 0.2) is 18.2 Å². The Morgan fingerprint density at radius 2 is 2.11 bits per heavy atom. The van der Waals surface area contributed by atoms with Crippen LogP contribution in [0.5, 0.6) is 0 Å². The average Bonchev–Trinajstić information content (AvgIpc) is 2.42. The zero-order valence-electron chi connectivity index (χ0n) is 11.3. The van der Waals surface area contributed by atoms with Crippen molar-refractivity contribution in [3.05, 3.63) is 34.9 Å². The molecule has 102 valence electrons. The molecule has 1 atom stereocenters. The van der Waals surface area contributed by atoms with Gasteiger partial charge in [-0.05, 0) is 23.6 Å². The first-order chi connectivity index (χ1) is 9.04. The molecular weight excluding hydrogens is 262 g/mol. The van der Waals surface area contributed by atoms with E-state index in [2.05, 4.69) is 6.92 Å². The van der Waals surface area contributed by atoms with Crippen LogP contribution in [-0.2, 0) is 11.2 Å². The number of benzene rings is 1. The van der Waals surface area contributed by atoms with Gasteiger partial charge < -0.3 is 0 Å². The van der Waals surface area contributed by atoms with Crippen LogP contribution in [0.25, 0.3) is 0 Å². The Labute approximate surface area is 118 Å². The molecule has 0 aromatic heterocycles. The highest BCUT2D eigenvalue weighted by molar-refractivity contribution is 6.21. The lowest BCUT2D eigenvalue weighted by Crippen LogP contribution is -2.39. The van der Waals surface area contributed by atoms with Gasteiger partial charge in [-0.1, -0.05) is 31.9 Å². The van der Waals surface area contributed by atoms with Crippen molar-refractivity contribution in [3.63, 3.8) is 0 Å². The maximum Gasteiger partial charge on any atom is 0.260 e. The van der Waals surface area contributed by atoms with Gasteiger partial charge >= 0.3 is 0 Å². The molecule has 19 heavy (non-hydrogen) atoms. The second kappa shape index (κ2) is 5.74. The molecule has 2 rings (SSSR count). The van der Waals surface area contributed by atoms with Crippen LogP contribution in [0, 0.1) is 0 Å². The summed E-state index contributed by atoms with van der Waals surface area (Å²) in [5.74, 6) is -0.383. The van der Waals surface area contributed by atoms with Crippen LogP contribution in [0.2, 0.25) is 0 Å². The number of unbranched alkanes of at least 4 members (excludes halogenated alkanes) is 1. The van der Waals surface area contributed by atoms with E-state index in [1.807, 2.05) is 18.2 Å². The summed E-state index contributed by atoms with van der Waals surface area (Å²) < 4.78 is 0. The molecule has 1 heterocycles. The number of imide groups is 1. The van der Waals surface area contributed by atoms with Gasteiger partial charge in [-0.3, -0.25) is 14.5 Å². The molecule has 1 aromatic carbocycles. The summed E-state index contributed by atoms with van der Waals surface area (Å²) in [5.41, 5.74) is 2.38. The van der Waals surface area contributed by atoms with Crippen molar-refractivity contribution in [1.82, 2.24) is 4.90 Å². The quantitative estimate of drug-likeness (QED) is 0.626. The molecule has 0 radical (unpaired) electrons. The minimum atomic E-state index is -0.229. The molecule has 1 aliphatic heterocycles. The molecule has 1 aliphatic rings. The molecule has 0 spiro atoms. The molecule has 0 saturated carbocycles. The maximum absolute atomic E-state index is 12.1. The van der Waals surface area contributed by atoms with Gasteiger partial charge in [0.1, 0.15) is 0 Å². The fourth-order valence-electron chi connectivity index (χ4n) is 2.27. The molecule has 3 nitrogen and oxygen atoms in total. The molecule has 0 N–H and O–H groups in total.